The molecule has 0 spiro atoms. The minimum Gasteiger partial charge on any atom is -0.394 e. The molecule has 1 aromatic rings. The highest BCUT2D eigenvalue weighted by Crippen LogP contribution is 2.31. The third kappa shape index (κ3) is 1.13. The fraction of sp³-hybridized carbons (Fsp3) is 0.625. The quantitative estimate of drug-likeness (QED) is 0.700. The van der Waals surface area contributed by atoms with Crippen LogP contribution in [0.3, 0.4) is 0 Å². The number of aryl methyl sites for hydroxylation is 1. The van der Waals surface area contributed by atoms with Crippen LogP contribution in [0.1, 0.15) is 12.8 Å². The lowest BCUT2D eigenvalue weighted by atomic mass is 10.4. The summed E-state index contributed by atoms with van der Waals surface area (Å²) in [6.07, 6.45) is 4.38. The molecular weight excluding hydrogens is 152 g/mol. The van der Waals surface area contributed by atoms with E-state index in [4.69, 9.17) is 5.73 Å². The van der Waals surface area contributed by atoms with Gasteiger partial charge in [0.05, 0.1) is 5.69 Å². The maximum atomic E-state index is 5.78. The molecule has 0 aromatic carbocycles. The van der Waals surface area contributed by atoms with Crippen LogP contribution in [0.25, 0.3) is 0 Å². The molecule has 0 atom stereocenters. The van der Waals surface area contributed by atoms with Crippen molar-refractivity contribution < 1.29 is 0 Å². The van der Waals surface area contributed by atoms with Crippen molar-refractivity contribution >= 4 is 11.5 Å². The van der Waals surface area contributed by atoms with Crippen LogP contribution >= 0.6 is 0 Å². The summed E-state index contributed by atoms with van der Waals surface area (Å²) in [5, 5.41) is 4.29. The predicted molar refractivity (Wildman–Crippen MR) is 49.0 cm³/mol. The number of nitrogen functional groups attached to an aromatic ring is 1. The van der Waals surface area contributed by atoms with Gasteiger partial charge in [-0.3, -0.25) is 4.68 Å². The van der Waals surface area contributed by atoms with Crippen molar-refractivity contribution in [2.45, 2.75) is 18.9 Å². The van der Waals surface area contributed by atoms with Crippen molar-refractivity contribution in [3.63, 3.8) is 0 Å². The summed E-state index contributed by atoms with van der Waals surface area (Å²) in [5.74, 6) is 0.917. The number of nitrogens with two attached hydrogens (primary N) is 1. The van der Waals surface area contributed by atoms with E-state index in [1.807, 2.05) is 13.2 Å². The highest BCUT2D eigenvalue weighted by molar-refractivity contribution is 5.62. The van der Waals surface area contributed by atoms with Gasteiger partial charge in [-0.15, -0.1) is 0 Å². The van der Waals surface area contributed by atoms with Crippen LogP contribution in [0.4, 0.5) is 11.5 Å². The molecule has 1 aliphatic rings. The van der Waals surface area contributed by atoms with Gasteiger partial charge in [0, 0.05) is 26.3 Å². The topological polar surface area (TPSA) is 47.1 Å². The Kier molecular flexibility index (Phi) is 1.49. The Balaban J connectivity index is 2.25. The molecule has 0 amide bonds. The molecule has 0 saturated heterocycles. The summed E-state index contributed by atoms with van der Waals surface area (Å²) in [5.41, 5.74) is 6.55. The van der Waals surface area contributed by atoms with Crippen LogP contribution in [-0.4, -0.2) is 22.9 Å². The van der Waals surface area contributed by atoms with E-state index in [9.17, 15) is 0 Å². The summed E-state index contributed by atoms with van der Waals surface area (Å²) in [4.78, 5) is 2.16. The van der Waals surface area contributed by atoms with E-state index in [2.05, 4.69) is 17.0 Å². The van der Waals surface area contributed by atoms with Gasteiger partial charge in [0.1, 0.15) is 0 Å². The van der Waals surface area contributed by atoms with Crippen molar-refractivity contribution in [3.8, 4) is 0 Å². The zero-order valence-electron chi connectivity index (χ0n) is 7.49. The smallest absolute Gasteiger partial charge is 0.173 e. The molecule has 4 heteroatoms. The molecule has 0 bridgehead atoms. The van der Waals surface area contributed by atoms with Gasteiger partial charge >= 0.3 is 0 Å². The second-order valence-corrected chi connectivity index (χ2v) is 3.42. The second kappa shape index (κ2) is 2.40. The lowest BCUT2D eigenvalue weighted by molar-refractivity contribution is 0.751. The largest absolute Gasteiger partial charge is 0.394 e. The van der Waals surface area contributed by atoms with E-state index in [1.165, 1.54) is 12.8 Å². The first-order chi connectivity index (χ1) is 5.68. The highest BCUT2D eigenvalue weighted by atomic mass is 15.4. The van der Waals surface area contributed by atoms with E-state index >= 15 is 0 Å². The van der Waals surface area contributed by atoms with Crippen LogP contribution in [0.5, 0.6) is 0 Å². The van der Waals surface area contributed by atoms with E-state index < -0.39 is 0 Å². The Hall–Kier alpha value is -1.19. The standard InChI is InChI=1S/C8H14N4/c1-11-5-7(9)8(10-11)12(2)6-3-4-6/h5-6H,3-4,9H2,1-2H3. The van der Waals surface area contributed by atoms with Crippen molar-refractivity contribution in [1.29, 1.82) is 0 Å². The Bertz CT molecular complexity index is 287. The van der Waals surface area contributed by atoms with Gasteiger partial charge in [0.2, 0.25) is 0 Å². The number of nitrogens with zero attached hydrogens (tertiary/aromatic N) is 3. The molecule has 0 radical (unpaired) electrons. The minimum atomic E-state index is 0.669. The Labute approximate surface area is 72.0 Å². The summed E-state index contributed by atoms with van der Waals surface area (Å²) in [6.45, 7) is 0. The Morgan fingerprint density at radius 2 is 2.33 bits per heavy atom. The number of hydrogen-bond donors (Lipinski definition) is 1. The Morgan fingerprint density at radius 1 is 1.67 bits per heavy atom. The van der Waals surface area contributed by atoms with E-state index in [0.717, 1.165) is 11.5 Å². The van der Waals surface area contributed by atoms with Crippen molar-refractivity contribution in [2.75, 3.05) is 17.7 Å². The summed E-state index contributed by atoms with van der Waals surface area (Å²) in [7, 11) is 3.94. The molecule has 4 nitrogen and oxygen atoms in total. The first-order valence-electron chi connectivity index (χ1n) is 4.20. The van der Waals surface area contributed by atoms with Crippen LogP contribution < -0.4 is 10.6 Å². The van der Waals surface area contributed by atoms with E-state index in [-0.39, 0.29) is 0 Å². The van der Waals surface area contributed by atoms with Crippen LogP contribution in [0.15, 0.2) is 6.20 Å². The molecule has 0 unspecified atom stereocenters. The third-order valence-corrected chi connectivity index (χ3v) is 2.27. The molecule has 66 valence electrons. The molecule has 2 N–H and O–H groups in total. The number of rotatable bonds is 2. The van der Waals surface area contributed by atoms with E-state index in [0.29, 0.717) is 6.04 Å². The first kappa shape index (κ1) is 7.46. The summed E-state index contributed by atoms with van der Waals surface area (Å²) >= 11 is 0. The summed E-state index contributed by atoms with van der Waals surface area (Å²) < 4.78 is 1.75. The zero-order chi connectivity index (χ0) is 8.72. The van der Waals surface area contributed by atoms with Crippen molar-refractivity contribution in [3.05, 3.63) is 6.20 Å². The fourth-order valence-electron chi connectivity index (χ4n) is 1.40. The number of hydrogen-bond acceptors (Lipinski definition) is 3. The first-order valence-corrected chi connectivity index (χ1v) is 4.20. The Morgan fingerprint density at radius 3 is 2.75 bits per heavy atom. The predicted octanol–water partition coefficient (Wildman–Crippen LogP) is 0.601. The third-order valence-electron chi connectivity index (χ3n) is 2.27. The average Bonchev–Trinajstić information content (AvgIpc) is 2.77. The zero-order valence-corrected chi connectivity index (χ0v) is 7.49. The number of aromatic nitrogens is 2. The molecule has 12 heavy (non-hydrogen) atoms. The minimum absolute atomic E-state index is 0.669. The van der Waals surface area contributed by atoms with Crippen molar-refractivity contribution in [1.82, 2.24) is 9.78 Å². The maximum Gasteiger partial charge on any atom is 0.173 e. The molecule has 1 aliphatic carbocycles. The molecule has 1 fully saturated rings. The molecule has 1 saturated carbocycles. The van der Waals surface area contributed by atoms with Gasteiger partial charge < -0.3 is 10.6 Å². The monoisotopic (exact) mass is 166 g/mol. The molecule has 2 rings (SSSR count). The lowest BCUT2D eigenvalue weighted by Crippen LogP contribution is -2.21. The van der Waals surface area contributed by atoms with Gasteiger partial charge in [0.25, 0.3) is 0 Å². The van der Waals surface area contributed by atoms with Crippen LogP contribution in [0.2, 0.25) is 0 Å². The SMILES string of the molecule is CN(c1nn(C)cc1N)C1CC1. The van der Waals surface area contributed by atoms with Gasteiger partial charge in [-0.2, -0.15) is 5.10 Å². The van der Waals surface area contributed by atoms with Crippen molar-refractivity contribution in [2.24, 2.45) is 7.05 Å². The van der Waals surface area contributed by atoms with Gasteiger partial charge in [-0.05, 0) is 12.8 Å². The molecular formula is C8H14N4. The number of anilines is 2. The molecule has 0 aliphatic heterocycles. The van der Waals surface area contributed by atoms with Gasteiger partial charge in [-0.25, -0.2) is 0 Å². The second-order valence-electron chi connectivity index (χ2n) is 3.42. The summed E-state index contributed by atoms with van der Waals surface area (Å²) in [6, 6.07) is 0.669. The normalized spacial score (nSPS) is 16.5. The maximum absolute atomic E-state index is 5.78. The van der Waals surface area contributed by atoms with Crippen LogP contribution in [0, 0.1) is 0 Å². The van der Waals surface area contributed by atoms with E-state index in [1.54, 1.807) is 4.68 Å². The lowest BCUT2D eigenvalue weighted by Gasteiger charge is -2.15. The fourth-order valence-corrected chi connectivity index (χ4v) is 1.40. The highest BCUT2D eigenvalue weighted by Gasteiger charge is 2.28. The molecule has 1 aromatic heterocycles. The average molecular weight is 166 g/mol. The van der Waals surface area contributed by atoms with Crippen LogP contribution in [-0.2, 0) is 7.05 Å². The molecule has 1 heterocycles. The van der Waals surface area contributed by atoms with Gasteiger partial charge in [-0.1, -0.05) is 0 Å². The van der Waals surface area contributed by atoms with Gasteiger partial charge in [0.15, 0.2) is 5.82 Å².